The van der Waals surface area contributed by atoms with Crippen LogP contribution >= 0.6 is 0 Å². The normalized spacial score (nSPS) is 12.4. The van der Waals surface area contributed by atoms with Gasteiger partial charge in [-0.25, -0.2) is 0 Å². The lowest BCUT2D eigenvalue weighted by Crippen LogP contribution is -2.44. The van der Waals surface area contributed by atoms with Crippen LogP contribution < -0.4 is 16.8 Å². The molecule has 1 aromatic rings. The number of amides is 1. The van der Waals surface area contributed by atoms with E-state index in [1.807, 2.05) is 13.0 Å². The van der Waals surface area contributed by atoms with Gasteiger partial charge in [-0.2, -0.15) is 0 Å². The van der Waals surface area contributed by atoms with E-state index in [1.165, 1.54) is 0 Å². The van der Waals surface area contributed by atoms with E-state index in [9.17, 15) is 4.79 Å². The number of rotatable bonds is 5. The average molecular weight is 208 g/mol. The summed E-state index contributed by atoms with van der Waals surface area (Å²) in [5.41, 5.74) is 12.8. The summed E-state index contributed by atoms with van der Waals surface area (Å²) in [5, 5.41) is 3.07. The molecule has 0 radical (unpaired) electrons. The van der Waals surface area contributed by atoms with Crippen molar-refractivity contribution in [2.24, 2.45) is 11.5 Å². The van der Waals surface area contributed by atoms with Gasteiger partial charge in [-0.3, -0.25) is 9.78 Å². The van der Waals surface area contributed by atoms with Gasteiger partial charge in [0.1, 0.15) is 0 Å². The van der Waals surface area contributed by atoms with Crippen molar-refractivity contribution in [3.8, 4) is 0 Å². The average Bonchev–Trinajstić information content (AvgIpc) is 2.20. The standard InChI is InChI=1S/C10H16N4O/c1-7-4-13-3-2-8(7)5-14-6-9(11)10(12)15/h2-4,9,14H,5-6,11H2,1H3,(H2,12,15). The SMILES string of the molecule is Cc1cnccc1CNCC(N)C(N)=O. The number of nitrogens with two attached hydrogens (primary N) is 2. The molecule has 82 valence electrons. The molecular weight excluding hydrogens is 192 g/mol. The Morgan fingerprint density at radius 2 is 2.40 bits per heavy atom. The predicted molar refractivity (Wildman–Crippen MR) is 57.9 cm³/mol. The minimum absolute atomic E-state index is 0.386. The second-order valence-electron chi connectivity index (χ2n) is 3.44. The molecule has 1 unspecified atom stereocenters. The molecule has 5 heteroatoms. The molecule has 5 nitrogen and oxygen atoms in total. The first-order valence-electron chi connectivity index (χ1n) is 4.76. The fourth-order valence-electron chi connectivity index (χ4n) is 1.16. The first-order valence-corrected chi connectivity index (χ1v) is 4.76. The van der Waals surface area contributed by atoms with Crippen LogP contribution in [0.25, 0.3) is 0 Å². The zero-order valence-electron chi connectivity index (χ0n) is 8.73. The predicted octanol–water partition coefficient (Wildman–Crippen LogP) is -0.708. The number of aromatic nitrogens is 1. The van der Waals surface area contributed by atoms with Crippen LogP contribution in [0.2, 0.25) is 0 Å². The maximum atomic E-state index is 10.7. The van der Waals surface area contributed by atoms with Gasteiger partial charge in [0.15, 0.2) is 0 Å². The van der Waals surface area contributed by atoms with Gasteiger partial charge in [0.25, 0.3) is 0 Å². The summed E-state index contributed by atoms with van der Waals surface area (Å²) < 4.78 is 0. The van der Waals surface area contributed by atoms with Crippen molar-refractivity contribution in [3.63, 3.8) is 0 Å². The summed E-state index contributed by atoms with van der Waals surface area (Å²) in [6, 6.07) is 1.30. The molecule has 1 amide bonds. The van der Waals surface area contributed by atoms with Gasteiger partial charge in [0.05, 0.1) is 6.04 Å². The third-order valence-corrected chi connectivity index (χ3v) is 2.18. The number of carbonyl (C=O) groups excluding carboxylic acids is 1. The molecule has 0 bridgehead atoms. The number of aryl methyl sites for hydroxylation is 1. The highest BCUT2D eigenvalue weighted by molar-refractivity contribution is 5.79. The second-order valence-corrected chi connectivity index (χ2v) is 3.44. The van der Waals surface area contributed by atoms with E-state index in [0.29, 0.717) is 13.1 Å². The number of carbonyl (C=O) groups is 1. The Labute approximate surface area is 88.9 Å². The summed E-state index contributed by atoms with van der Waals surface area (Å²) in [5.74, 6) is -0.492. The van der Waals surface area contributed by atoms with Crippen molar-refractivity contribution < 1.29 is 4.79 Å². The lowest BCUT2D eigenvalue weighted by atomic mass is 10.1. The van der Waals surface area contributed by atoms with E-state index >= 15 is 0 Å². The van der Waals surface area contributed by atoms with Crippen LogP contribution in [0.3, 0.4) is 0 Å². The topological polar surface area (TPSA) is 94.0 Å². The molecule has 0 saturated carbocycles. The Hall–Kier alpha value is -1.46. The van der Waals surface area contributed by atoms with Crippen molar-refractivity contribution in [1.29, 1.82) is 0 Å². The molecule has 5 N–H and O–H groups in total. The molecule has 0 spiro atoms. The zero-order chi connectivity index (χ0) is 11.3. The molecular formula is C10H16N4O. The van der Waals surface area contributed by atoms with Gasteiger partial charge in [0.2, 0.25) is 5.91 Å². The number of hydrogen-bond acceptors (Lipinski definition) is 4. The fourth-order valence-corrected chi connectivity index (χ4v) is 1.16. The van der Waals surface area contributed by atoms with Crippen molar-refractivity contribution in [1.82, 2.24) is 10.3 Å². The first-order chi connectivity index (χ1) is 7.11. The smallest absolute Gasteiger partial charge is 0.235 e. The highest BCUT2D eigenvalue weighted by Gasteiger charge is 2.07. The lowest BCUT2D eigenvalue weighted by Gasteiger charge is -2.10. The van der Waals surface area contributed by atoms with Crippen molar-refractivity contribution in [2.75, 3.05) is 6.54 Å². The molecule has 0 fully saturated rings. The van der Waals surface area contributed by atoms with Gasteiger partial charge in [0, 0.05) is 25.5 Å². The van der Waals surface area contributed by atoms with Crippen molar-refractivity contribution in [2.45, 2.75) is 19.5 Å². The molecule has 0 aromatic carbocycles. The van der Waals surface area contributed by atoms with Gasteiger partial charge < -0.3 is 16.8 Å². The van der Waals surface area contributed by atoms with Crippen LogP contribution in [-0.4, -0.2) is 23.5 Å². The highest BCUT2D eigenvalue weighted by Crippen LogP contribution is 2.03. The third-order valence-electron chi connectivity index (χ3n) is 2.18. The molecule has 0 aliphatic rings. The summed E-state index contributed by atoms with van der Waals surface area (Å²) in [7, 11) is 0. The van der Waals surface area contributed by atoms with Crippen LogP contribution in [0.5, 0.6) is 0 Å². The summed E-state index contributed by atoms with van der Waals surface area (Å²) in [4.78, 5) is 14.6. The van der Waals surface area contributed by atoms with E-state index in [2.05, 4.69) is 10.3 Å². The van der Waals surface area contributed by atoms with Crippen LogP contribution in [0.4, 0.5) is 0 Å². The van der Waals surface area contributed by atoms with Gasteiger partial charge in [-0.05, 0) is 24.1 Å². The van der Waals surface area contributed by atoms with Gasteiger partial charge >= 0.3 is 0 Å². The molecule has 1 aromatic heterocycles. The third kappa shape index (κ3) is 3.65. The molecule has 0 saturated heterocycles. The van der Waals surface area contributed by atoms with Crippen LogP contribution in [0.1, 0.15) is 11.1 Å². The second kappa shape index (κ2) is 5.43. The van der Waals surface area contributed by atoms with Gasteiger partial charge in [-0.15, -0.1) is 0 Å². The lowest BCUT2D eigenvalue weighted by molar-refractivity contribution is -0.119. The maximum Gasteiger partial charge on any atom is 0.235 e. The van der Waals surface area contributed by atoms with E-state index in [-0.39, 0.29) is 0 Å². The van der Waals surface area contributed by atoms with E-state index < -0.39 is 11.9 Å². The minimum Gasteiger partial charge on any atom is -0.368 e. The summed E-state index contributed by atoms with van der Waals surface area (Å²) in [6.07, 6.45) is 3.53. The highest BCUT2D eigenvalue weighted by atomic mass is 16.1. The van der Waals surface area contributed by atoms with Crippen molar-refractivity contribution in [3.05, 3.63) is 29.6 Å². The molecule has 0 aliphatic carbocycles. The molecule has 15 heavy (non-hydrogen) atoms. The quantitative estimate of drug-likeness (QED) is 0.596. The minimum atomic E-state index is -0.632. The molecule has 0 aliphatic heterocycles. The van der Waals surface area contributed by atoms with E-state index in [0.717, 1.165) is 11.1 Å². The molecule has 1 atom stereocenters. The van der Waals surface area contributed by atoms with Crippen LogP contribution in [0.15, 0.2) is 18.5 Å². The Kier molecular flexibility index (Phi) is 4.20. The van der Waals surface area contributed by atoms with Crippen LogP contribution in [-0.2, 0) is 11.3 Å². The van der Waals surface area contributed by atoms with Crippen molar-refractivity contribution >= 4 is 5.91 Å². The number of hydrogen-bond donors (Lipinski definition) is 3. The maximum absolute atomic E-state index is 10.7. The van der Waals surface area contributed by atoms with Crippen LogP contribution in [0, 0.1) is 6.92 Å². The van der Waals surface area contributed by atoms with E-state index in [1.54, 1.807) is 12.4 Å². The first kappa shape index (κ1) is 11.6. The molecule has 1 rings (SSSR count). The number of nitrogens with zero attached hydrogens (tertiary/aromatic N) is 1. The molecule has 1 heterocycles. The monoisotopic (exact) mass is 208 g/mol. The largest absolute Gasteiger partial charge is 0.368 e. The van der Waals surface area contributed by atoms with E-state index in [4.69, 9.17) is 11.5 Å². The Morgan fingerprint density at radius 1 is 1.67 bits per heavy atom. The number of primary amides is 1. The summed E-state index contributed by atoms with van der Waals surface area (Å²) in [6.45, 7) is 3.03. The Bertz CT molecular complexity index is 340. The van der Waals surface area contributed by atoms with Gasteiger partial charge in [-0.1, -0.05) is 0 Å². The number of nitrogens with one attached hydrogen (secondary N) is 1. The summed E-state index contributed by atoms with van der Waals surface area (Å²) >= 11 is 0. The number of pyridine rings is 1. The Balaban J connectivity index is 2.38. The Morgan fingerprint density at radius 3 is 3.00 bits per heavy atom. The zero-order valence-corrected chi connectivity index (χ0v) is 8.73. The fraction of sp³-hybridized carbons (Fsp3) is 0.400.